The maximum atomic E-state index is 5.90. The van der Waals surface area contributed by atoms with E-state index in [-0.39, 0.29) is 6.04 Å². The van der Waals surface area contributed by atoms with Crippen LogP contribution in [-0.2, 0) is 6.54 Å². The topological polar surface area (TPSA) is 21.3 Å². The maximum absolute atomic E-state index is 5.90. The first kappa shape index (κ1) is 15.4. The summed E-state index contributed by atoms with van der Waals surface area (Å²) in [4.78, 5) is 0. The predicted octanol–water partition coefficient (Wildman–Crippen LogP) is 4.96. The molecule has 0 amide bonds. The van der Waals surface area contributed by atoms with Gasteiger partial charge in [-0.05, 0) is 48.4 Å². The van der Waals surface area contributed by atoms with Gasteiger partial charge in [-0.25, -0.2) is 0 Å². The molecule has 0 fully saturated rings. The van der Waals surface area contributed by atoms with E-state index >= 15 is 0 Å². The molecule has 106 valence electrons. The summed E-state index contributed by atoms with van der Waals surface area (Å²) in [5, 5.41) is 4.26. The number of halogens is 2. The minimum absolute atomic E-state index is 0.255. The van der Waals surface area contributed by atoms with E-state index in [9.17, 15) is 0 Å². The summed E-state index contributed by atoms with van der Waals surface area (Å²) in [7, 11) is 1.68. The molecule has 2 aromatic carbocycles. The maximum Gasteiger partial charge on any atom is 0.119 e. The van der Waals surface area contributed by atoms with Crippen LogP contribution >= 0.6 is 27.5 Å². The van der Waals surface area contributed by atoms with Gasteiger partial charge in [-0.3, -0.25) is 0 Å². The second-order valence-electron chi connectivity index (χ2n) is 4.61. The van der Waals surface area contributed by atoms with Gasteiger partial charge in [0.15, 0.2) is 0 Å². The Labute approximate surface area is 133 Å². The van der Waals surface area contributed by atoms with Crippen LogP contribution in [0.5, 0.6) is 5.75 Å². The van der Waals surface area contributed by atoms with Crippen molar-refractivity contribution in [3.63, 3.8) is 0 Å². The van der Waals surface area contributed by atoms with Crippen molar-refractivity contribution in [2.24, 2.45) is 0 Å². The fourth-order valence-electron chi connectivity index (χ4n) is 1.95. The zero-order valence-corrected chi connectivity index (χ0v) is 13.8. The van der Waals surface area contributed by atoms with Crippen molar-refractivity contribution in [3.8, 4) is 5.75 Å². The lowest BCUT2D eigenvalue weighted by molar-refractivity contribution is 0.413. The van der Waals surface area contributed by atoms with Crippen LogP contribution in [0.4, 0.5) is 0 Å². The van der Waals surface area contributed by atoms with Gasteiger partial charge >= 0.3 is 0 Å². The highest BCUT2D eigenvalue weighted by molar-refractivity contribution is 9.10. The van der Waals surface area contributed by atoms with Gasteiger partial charge in [-0.1, -0.05) is 39.7 Å². The van der Waals surface area contributed by atoms with E-state index in [2.05, 4.69) is 28.2 Å². The van der Waals surface area contributed by atoms with Gasteiger partial charge in [-0.15, -0.1) is 0 Å². The van der Waals surface area contributed by atoms with Crippen LogP contribution < -0.4 is 10.1 Å². The van der Waals surface area contributed by atoms with Crippen LogP contribution in [0.3, 0.4) is 0 Å². The van der Waals surface area contributed by atoms with Crippen LogP contribution in [0.25, 0.3) is 0 Å². The van der Waals surface area contributed by atoms with E-state index < -0.39 is 0 Å². The molecular formula is C16H17BrClNO. The summed E-state index contributed by atoms with van der Waals surface area (Å²) < 4.78 is 6.33. The molecule has 20 heavy (non-hydrogen) atoms. The first-order valence-electron chi connectivity index (χ1n) is 6.41. The number of hydrogen-bond donors (Lipinski definition) is 1. The second kappa shape index (κ2) is 7.11. The van der Waals surface area contributed by atoms with E-state index in [1.165, 1.54) is 11.1 Å². The van der Waals surface area contributed by atoms with Crippen molar-refractivity contribution < 1.29 is 4.74 Å². The Hall–Kier alpha value is -1.03. The molecule has 1 atom stereocenters. The number of hydrogen-bond acceptors (Lipinski definition) is 2. The Morgan fingerprint density at radius 2 is 1.90 bits per heavy atom. The molecule has 0 saturated carbocycles. The molecule has 0 unspecified atom stereocenters. The number of methoxy groups -OCH3 is 1. The Kier molecular flexibility index (Phi) is 5.46. The standard InChI is InChI=1S/C16H17BrClNO/c1-11(12-3-5-14(18)6-4-12)19-10-13-9-15(20-2)7-8-16(13)17/h3-9,11,19H,10H2,1-2H3/t11-/m0/s1. The summed E-state index contributed by atoms with van der Waals surface area (Å²) >= 11 is 9.47. The molecule has 0 saturated heterocycles. The molecule has 0 bridgehead atoms. The third kappa shape index (κ3) is 3.98. The second-order valence-corrected chi connectivity index (χ2v) is 5.90. The van der Waals surface area contributed by atoms with E-state index in [4.69, 9.17) is 16.3 Å². The van der Waals surface area contributed by atoms with Gasteiger partial charge in [0.1, 0.15) is 5.75 Å². The lowest BCUT2D eigenvalue weighted by Crippen LogP contribution is -2.18. The molecule has 2 nitrogen and oxygen atoms in total. The lowest BCUT2D eigenvalue weighted by atomic mass is 10.1. The lowest BCUT2D eigenvalue weighted by Gasteiger charge is -2.15. The van der Waals surface area contributed by atoms with Crippen molar-refractivity contribution in [2.45, 2.75) is 19.5 Å². The van der Waals surface area contributed by atoms with Gasteiger partial charge in [0.25, 0.3) is 0 Å². The van der Waals surface area contributed by atoms with Crippen molar-refractivity contribution >= 4 is 27.5 Å². The first-order chi connectivity index (χ1) is 9.60. The van der Waals surface area contributed by atoms with Crippen molar-refractivity contribution in [2.75, 3.05) is 7.11 Å². The van der Waals surface area contributed by atoms with Crippen LogP contribution in [0.1, 0.15) is 24.1 Å². The smallest absolute Gasteiger partial charge is 0.119 e. The summed E-state index contributed by atoms with van der Waals surface area (Å²) in [5.41, 5.74) is 2.39. The van der Waals surface area contributed by atoms with Crippen molar-refractivity contribution in [3.05, 3.63) is 63.1 Å². The monoisotopic (exact) mass is 353 g/mol. The van der Waals surface area contributed by atoms with Gasteiger partial charge in [-0.2, -0.15) is 0 Å². The Morgan fingerprint density at radius 3 is 2.55 bits per heavy atom. The third-order valence-electron chi connectivity index (χ3n) is 3.22. The quantitative estimate of drug-likeness (QED) is 0.819. The molecular weight excluding hydrogens is 338 g/mol. The van der Waals surface area contributed by atoms with Gasteiger partial charge < -0.3 is 10.1 Å². The minimum atomic E-state index is 0.255. The number of nitrogens with one attached hydrogen (secondary N) is 1. The molecule has 0 aliphatic carbocycles. The third-order valence-corrected chi connectivity index (χ3v) is 4.25. The zero-order chi connectivity index (χ0) is 14.5. The highest BCUT2D eigenvalue weighted by atomic mass is 79.9. The molecule has 0 aliphatic heterocycles. The average Bonchev–Trinajstić information content (AvgIpc) is 2.47. The Morgan fingerprint density at radius 1 is 1.20 bits per heavy atom. The van der Waals surface area contributed by atoms with E-state index in [0.717, 1.165) is 21.8 Å². The minimum Gasteiger partial charge on any atom is -0.497 e. The molecule has 0 heterocycles. The first-order valence-corrected chi connectivity index (χ1v) is 7.58. The molecule has 2 aromatic rings. The van der Waals surface area contributed by atoms with E-state index in [1.54, 1.807) is 7.11 Å². The average molecular weight is 355 g/mol. The summed E-state index contributed by atoms with van der Waals surface area (Å²) in [6.07, 6.45) is 0. The highest BCUT2D eigenvalue weighted by Gasteiger charge is 2.07. The van der Waals surface area contributed by atoms with Crippen LogP contribution in [0, 0.1) is 0 Å². The molecule has 4 heteroatoms. The summed E-state index contributed by atoms with van der Waals surface area (Å²) in [6.45, 7) is 2.90. The Balaban J connectivity index is 2.02. The number of benzene rings is 2. The van der Waals surface area contributed by atoms with Crippen molar-refractivity contribution in [1.82, 2.24) is 5.32 Å². The van der Waals surface area contributed by atoms with E-state index in [0.29, 0.717) is 0 Å². The largest absolute Gasteiger partial charge is 0.497 e. The molecule has 0 aliphatic rings. The molecule has 0 radical (unpaired) electrons. The van der Waals surface area contributed by atoms with Crippen LogP contribution in [-0.4, -0.2) is 7.11 Å². The molecule has 0 aromatic heterocycles. The number of ether oxygens (including phenoxy) is 1. The zero-order valence-electron chi connectivity index (χ0n) is 11.5. The van der Waals surface area contributed by atoms with Gasteiger partial charge in [0.05, 0.1) is 7.11 Å². The van der Waals surface area contributed by atoms with Gasteiger partial charge in [0, 0.05) is 22.1 Å². The predicted molar refractivity (Wildman–Crippen MR) is 87.4 cm³/mol. The molecule has 1 N–H and O–H groups in total. The SMILES string of the molecule is COc1ccc(Br)c(CN[C@@H](C)c2ccc(Cl)cc2)c1. The Bertz CT molecular complexity index is 571. The van der Waals surface area contributed by atoms with Gasteiger partial charge in [0.2, 0.25) is 0 Å². The highest BCUT2D eigenvalue weighted by Crippen LogP contribution is 2.23. The molecule has 0 spiro atoms. The van der Waals surface area contributed by atoms with Crippen molar-refractivity contribution in [1.29, 1.82) is 0 Å². The fraction of sp³-hybridized carbons (Fsp3) is 0.250. The molecule has 2 rings (SSSR count). The van der Waals surface area contributed by atoms with Crippen LogP contribution in [0.15, 0.2) is 46.9 Å². The normalized spacial score (nSPS) is 12.2. The number of rotatable bonds is 5. The summed E-state index contributed by atoms with van der Waals surface area (Å²) in [5.74, 6) is 0.865. The van der Waals surface area contributed by atoms with Crippen LogP contribution in [0.2, 0.25) is 5.02 Å². The fourth-order valence-corrected chi connectivity index (χ4v) is 2.46. The van der Waals surface area contributed by atoms with E-state index in [1.807, 2.05) is 42.5 Å². The summed E-state index contributed by atoms with van der Waals surface area (Å²) in [6, 6.07) is 14.1.